The molecule has 6 nitrogen and oxygen atoms in total. The number of nitrogens with zero attached hydrogens (tertiary/aromatic N) is 3. The number of hydrogen-bond acceptors (Lipinski definition) is 6. The van der Waals surface area contributed by atoms with Crippen molar-refractivity contribution in [2.75, 3.05) is 44.4 Å². The van der Waals surface area contributed by atoms with Crippen LogP contribution in [0, 0.1) is 6.92 Å². The fourth-order valence-corrected chi connectivity index (χ4v) is 1.81. The van der Waals surface area contributed by atoms with E-state index in [1.54, 1.807) is 0 Å². The Balaban J connectivity index is 2.75. The minimum atomic E-state index is 0.418. The number of aromatic nitrogens is 2. The molecule has 1 aromatic rings. The fraction of sp³-hybridized carbons (Fsp3) is 0.714. The molecule has 1 aromatic heterocycles. The molecule has 0 amide bonds. The Morgan fingerprint density at radius 2 is 1.70 bits per heavy atom. The fourth-order valence-electron chi connectivity index (χ4n) is 1.81. The lowest BCUT2D eigenvalue weighted by atomic mass is 10.3. The van der Waals surface area contributed by atoms with Gasteiger partial charge in [0.15, 0.2) is 0 Å². The van der Waals surface area contributed by atoms with Crippen LogP contribution in [-0.4, -0.2) is 49.5 Å². The van der Waals surface area contributed by atoms with Crippen molar-refractivity contribution in [1.29, 1.82) is 0 Å². The van der Waals surface area contributed by atoms with E-state index in [0.29, 0.717) is 38.9 Å². The van der Waals surface area contributed by atoms with Crippen LogP contribution in [0.3, 0.4) is 0 Å². The maximum absolute atomic E-state index is 5.67. The zero-order valence-corrected chi connectivity index (χ0v) is 12.8. The summed E-state index contributed by atoms with van der Waals surface area (Å²) in [5, 5.41) is 0. The highest BCUT2D eigenvalue weighted by Gasteiger charge is 2.11. The Bertz CT molecular complexity index is 377. The molecule has 0 aliphatic rings. The smallest absolute Gasteiger partial charge is 0.225 e. The van der Waals surface area contributed by atoms with Gasteiger partial charge in [-0.05, 0) is 26.8 Å². The average Bonchev–Trinajstić information content (AvgIpc) is 2.45. The molecule has 0 bridgehead atoms. The summed E-state index contributed by atoms with van der Waals surface area (Å²) in [6, 6.07) is 1.91. The first-order valence-corrected chi connectivity index (χ1v) is 7.16. The van der Waals surface area contributed by atoms with Gasteiger partial charge in [-0.15, -0.1) is 0 Å². The summed E-state index contributed by atoms with van der Waals surface area (Å²) in [4.78, 5) is 11.1. The van der Waals surface area contributed by atoms with Gasteiger partial charge in [-0.25, -0.2) is 9.97 Å². The van der Waals surface area contributed by atoms with E-state index in [2.05, 4.69) is 14.9 Å². The molecular weight excluding hydrogens is 256 g/mol. The maximum Gasteiger partial charge on any atom is 0.225 e. The van der Waals surface area contributed by atoms with E-state index in [-0.39, 0.29) is 0 Å². The van der Waals surface area contributed by atoms with Crippen molar-refractivity contribution in [3.05, 3.63) is 17.5 Å². The summed E-state index contributed by atoms with van der Waals surface area (Å²) < 4.78 is 10.8. The van der Waals surface area contributed by atoms with Gasteiger partial charge < -0.3 is 20.1 Å². The van der Waals surface area contributed by atoms with E-state index in [4.69, 9.17) is 15.2 Å². The van der Waals surface area contributed by atoms with Gasteiger partial charge in [0.25, 0.3) is 0 Å². The summed E-state index contributed by atoms with van der Waals surface area (Å²) in [5.74, 6) is 0.699. The van der Waals surface area contributed by atoms with E-state index >= 15 is 0 Å². The second-order valence-corrected chi connectivity index (χ2v) is 4.39. The number of hydrogen-bond donors (Lipinski definition) is 1. The molecule has 0 fully saturated rings. The maximum atomic E-state index is 5.67. The highest BCUT2D eigenvalue weighted by Crippen LogP contribution is 2.10. The lowest BCUT2D eigenvalue weighted by Crippen LogP contribution is -2.33. The van der Waals surface area contributed by atoms with Crippen LogP contribution in [0.1, 0.15) is 25.2 Å². The standard InChI is InChI=1S/C14H26N4O2/c1-4-19-8-6-18(7-9-20-5-2)14-16-12(3)10-13(11-15)17-14/h10H,4-9,11,15H2,1-3H3. The molecule has 0 unspecified atom stereocenters. The van der Waals surface area contributed by atoms with E-state index in [0.717, 1.165) is 24.5 Å². The lowest BCUT2D eigenvalue weighted by molar-refractivity contribution is 0.141. The highest BCUT2D eigenvalue weighted by atomic mass is 16.5. The largest absolute Gasteiger partial charge is 0.380 e. The SMILES string of the molecule is CCOCCN(CCOCC)c1nc(C)cc(CN)n1. The molecule has 0 saturated heterocycles. The summed E-state index contributed by atoms with van der Waals surface area (Å²) in [6.07, 6.45) is 0. The molecule has 0 aliphatic heterocycles. The lowest BCUT2D eigenvalue weighted by Gasteiger charge is -2.23. The van der Waals surface area contributed by atoms with Crippen LogP contribution in [-0.2, 0) is 16.0 Å². The second-order valence-electron chi connectivity index (χ2n) is 4.39. The monoisotopic (exact) mass is 282 g/mol. The third kappa shape index (κ3) is 5.81. The minimum absolute atomic E-state index is 0.418. The van der Waals surface area contributed by atoms with Crippen LogP contribution < -0.4 is 10.6 Å². The molecule has 1 heterocycles. The molecule has 0 aliphatic carbocycles. The second kappa shape index (κ2) is 9.63. The Morgan fingerprint density at radius 1 is 1.10 bits per heavy atom. The van der Waals surface area contributed by atoms with Crippen molar-refractivity contribution >= 4 is 5.95 Å². The quantitative estimate of drug-likeness (QED) is 0.648. The Hall–Kier alpha value is -1.24. The van der Waals surface area contributed by atoms with E-state index in [1.807, 2.05) is 26.8 Å². The molecule has 0 spiro atoms. The van der Waals surface area contributed by atoms with Crippen LogP contribution >= 0.6 is 0 Å². The molecule has 0 saturated carbocycles. The Morgan fingerprint density at radius 3 is 2.20 bits per heavy atom. The van der Waals surface area contributed by atoms with Gasteiger partial charge in [0.1, 0.15) is 0 Å². The van der Waals surface area contributed by atoms with Crippen molar-refractivity contribution in [2.24, 2.45) is 5.73 Å². The number of ether oxygens (including phenoxy) is 2. The molecule has 0 atom stereocenters. The van der Waals surface area contributed by atoms with E-state index < -0.39 is 0 Å². The van der Waals surface area contributed by atoms with Crippen LogP contribution in [0.5, 0.6) is 0 Å². The molecule has 0 aromatic carbocycles. The predicted molar refractivity (Wildman–Crippen MR) is 79.9 cm³/mol. The van der Waals surface area contributed by atoms with Crippen LogP contribution in [0.15, 0.2) is 6.07 Å². The third-order valence-electron chi connectivity index (χ3n) is 2.81. The molecule has 20 heavy (non-hydrogen) atoms. The number of anilines is 1. The van der Waals surface area contributed by atoms with Crippen LogP contribution in [0.4, 0.5) is 5.95 Å². The Kier molecular flexibility index (Phi) is 8.10. The van der Waals surface area contributed by atoms with Gasteiger partial charge in [-0.1, -0.05) is 0 Å². The van der Waals surface area contributed by atoms with Crippen molar-refractivity contribution < 1.29 is 9.47 Å². The van der Waals surface area contributed by atoms with Gasteiger partial charge in [0.05, 0.1) is 18.9 Å². The molecule has 6 heteroatoms. The number of aryl methyl sites for hydroxylation is 1. The van der Waals surface area contributed by atoms with Gasteiger partial charge in [-0.2, -0.15) is 0 Å². The minimum Gasteiger partial charge on any atom is -0.380 e. The number of nitrogens with two attached hydrogens (primary N) is 1. The highest BCUT2D eigenvalue weighted by molar-refractivity contribution is 5.32. The zero-order valence-electron chi connectivity index (χ0n) is 12.8. The Labute approximate surface area is 121 Å². The zero-order chi connectivity index (χ0) is 14.8. The summed E-state index contributed by atoms with van der Waals surface area (Å²) >= 11 is 0. The summed E-state index contributed by atoms with van der Waals surface area (Å²) in [6.45, 7) is 10.6. The predicted octanol–water partition coefficient (Wildman–Crippen LogP) is 1.12. The van der Waals surface area contributed by atoms with Crippen molar-refractivity contribution in [3.63, 3.8) is 0 Å². The first-order valence-electron chi connectivity index (χ1n) is 7.16. The molecule has 2 N–H and O–H groups in total. The molecule has 114 valence electrons. The van der Waals surface area contributed by atoms with E-state index in [9.17, 15) is 0 Å². The summed E-state index contributed by atoms with van der Waals surface area (Å²) in [7, 11) is 0. The normalized spacial score (nSPS) is 10.8. The topological polar surface area (TPSA) is 73.5 Å². The molecular formula is C14H26N4O2. The first-order chi connectivity index (χ1) is 9.71. The molecule has 0 radical (unpaired) electrons. The summed E-state index contributed by atoms with van der Waals surface area (Å²) in [5.41, 5.74) is 7.45. The first kappa shape index (κ1) is 16.8. The molecule has 1 rings (SSSR count). The van der Waals surface area contributed by atoms with E-state index in [1.165, 1.54) is 0 Å². The van der Waals surface area contributed by atoms with Crippen molar-refractivity contribution in [1.82, 2.24) is 9.97 Å². The van der Waals surface area contributed by atoms with Gasteiger partial charge in [-0.3, -0.25) is 0 Å². The third-order valence-corrected chi connectivity index (χ3v) is 2.81. The van der Waals surface area contributed by atoms with Crippen molar-refractivity contribution in [3.8, 4) is 0 Å². The van der Waals surface area contributed by atoms with Crippen LogP contribution in [0.2, 0.25) is 0 Å². The average molecular weight is 282 g/mol. The number of rotatable bonds is 10. The van der Waals surface area contributed by atoms with Gasteiger partial charge in [0.2, 0.25) is 5.95 Å². The van der Waals surface area contributed by atoms with Gasteiger partial charge >= 0.3 is 0 Å². The van der Waals surface area contributed by atoms with Crippen LogP contribution in [0.25, 0.3) is 0 Å². The van der Waals surface area contributed by atoms with Crippen molar-refractivity contribution in [2.45, 2.75) is 27.3 Å². The van der Waals surface area contributed by atoms with Gasteiger partial charge in [0, 0.05) is 38.5 Å².